The molecule has 1 aromatic carbocycles. The molecular formula is C14H17N3O4S. The molecule has 0 aliphatic rings. The van der Waals surface area contributed by atoms with Crippen molar-refractivity contribution in [3.63, 3.8) is 0 Å². The summed E-state index contributed by atoms with van der Waals surface area (Å²) in [5, 5.41) is 0. The van der Waals surface area contributed by atoms with Crippen molar-refractivity contribution in [3.05, 3.63) is 36.0 Å². The molecule has 118 valence electrons. The minimum Gasteiger partial charge on any atom is -0.465 e. The lowest BCUT2D eigenvalue weighted by Crippen LogP contribution is -2.24. The topological polar surface area (TPSA) is 101 Å². The molecule has 2 N–H and O–H groups in total. The minimum absolute atomic E-state index is 0.0554. The Hall–Kier alpha value is -2.35. The lowest BCUT2D eigenvalue weighted by atomic mass is 10.1. The summed E-state index contributed by atoms with van der Waals surface area (Å²) in [6.45, 7) is 3.72. The fraction of sp³-hybridized carbons (Fsp3) is 0.286. The monoisotopic (exact) mass is 323 g/mol. The first-order chi connectivity index (χ1) is 10.4. The van der Waals surface area contributed by atoms with Gasteiger partial charge in [0.2, 0.25) is 16.0 Å². The summed E-state index contributed by atoms with van der Waals surface area (Å²) in [7, 11) is -3.85. The Morgan fingerprint density at radius 1 is 1.32 bits per heavy atom. The molecule has 8 heteroatoms. The lowest BCUT2D eigenvalue weighted by Gasteiger charge is -2.05. The number of imidazole rings is 1. The van der Waals surface area contributed by atoms with Crippen LogP contribution in [-0.2, 0) is 19.6 Å². The molecule has 1 heterocycles. The molecule has 1 aromatic heterocycles. The van der Waals surface area contributed by atoms with Gasteiger partial charge in [0.15, 0.2) is 5.75 Å². The molecule has 0 atom stereocenters. The Morgan fingerprint density at radius 3 is 2.64 bits per heavy atom. The normalized spacial score (nSPS) is 11.2. The largest absolute Gasteiger partial charge is 0.465 e. The Kier molecular flexibility index (Phi) is 4.81. The molecule has 7 nitrogen and oxygen atoms in total. The number of hydrogen-bond donors (Lipinski definition) is 2. The molecule has 22 heavy (non-hydrogen) atoms. The second kappa shape index (κ2) is 6.61. The van der Waals surface area contributed by atoms with Gasteiger partial charge in [-0.2, -0.15) is 0 Å². The van der Waals surface area contributed by atoms with E-state index in [0.29, 0.717) is 5.69 Å². The standard InChI is InChI=1S/C14H17N3O4S/c1-3-21-13(18)9-22(19,20)17-14-15-8-12(16-14)11-6-4-10(2)5-7-11/h4-8H,3,9H2,1-2H3,(H2,15,16,17). The Balaban J connectivity index is 2.08. The van der Waals surface area contributed by atoms with E-state index in [0.717, 1.165) is 11.1 Å². The number of esters is 1. The lowest BCUT2D eigenvalue weighted by molar-refractivity contribution is -0.139. The number of ether oxygens (including phenoxy) is 1. The first-order valence-electron chi connectivity index (χ1n) is 6.68. The van der Waals surface area contributed by atoms with Crippen LogP contribution in [0.2, 0.25) is 0 Å². The number of rotatable bonds is 6. The molecule has 0 saturated carbocycles. The number of nitrogens with one attached hydrogen (secondary N) is 2. The molecule has 0 bridgehead atoms. The molecular weight excluding hydrogens is 306 g/mol. The maximum Gasteiger partial charge on any atom is 0.323 e. The summed E-state index contributed by atoms with van der Waals surface area (Å²) >= 11 is 0. The number of anilines is 1. The van der Waals surface area contributed by atoms with Crippen LogP contribution in [-0.4, -0.2) is 36.7 Å². The zero-order chi connectivity index (χ0) is 16.2. The van der Waals surface area contributed by atoms with Crippen molar-refractivity contribution in [2.24, 2.45) is 0 Å². The summed E-state index contributed by atoms with van der Waals surface area (Å²) in [6, 6.07) is 7.70. The van der Waals surface area contributed by atoms with Crippen LogP contribution >= 0.6 is 0 Å². The number of benzene rings is 1. The molecule has 0 unspecified atom stereocenters. The fourth-order valence-electron chi connectivity index (χ4n) is 1.79. The highest BCUT2D eigenvalue weighted by molar-refractivity contribution is 7.93. The van der Waals surface area contributed by atoms with Crippen LogP contribution in [0.5, 0.6) is 0 Å². The number of carbonyl (C=O) groups is 1. The summed E-state index contributed by atoms with van der Waals surface area (Å²) in [5.74, 6) is -1.50. The molecule has 0 spiro atoms. The van der Waals surface area contributed by atoms with E-state index in [9.17, 15) is 13.2 Å². The van der Waals surface area contributed by atoms with Crippen molar-refractivity contribution in [1.29, 1.82) is 0 Å². The first kappa shape index (κ1) is 16.0. The van der Waals surface area contributed by atoms with Crippen molar-refractivity contribution in [2.45, 2.75) is 13.8 Å². The van der Waals surface area contributed by atoms with E-state index >= 15 is 0 Å². The average Bonchev–Trinajstić information content (AvgIpc) is 2.86. The number of aromatic amines is 1. The number of hydrogen-bond acceptors (Lipinski definition) is 5. The Labute approximate surface area is 128 Å². The van der Waals surface area contributed by atoms with Crippen molar-refractivity contribution < 1.29 is 17.9 Å². The second-order valence-corrected chi connectivity index (χ2v) is 6.40. The smallest absolute Gasteiger partial charge is 0.323 e. The molecule has 0 fully saturated rings. The predicted octanol–water partition coefficient (Wildman–Crippen LogP) is 1.69. The number of sulfonamides is 1. The van der Waals surface area contributed by atoms with Crippen LogP contribution in [0.1, 0.15) is 12.5 Å². The van der Waals surface area contributed by atoms with Crippen LogP contribution < -0.4 is 4.72 Å². The van der Waals surface area contributed by atoms with Gasteiger partial charge < -0.3 is 9.72 Å². The molecule has 2 aromatic rings. The van der Waals surface area contributed by atoms with E-state index in [1.165, 1.54) is 6.20 Å². The van der Waals surface area contributed by atoms with Gasteiger partial charge in [0.05, 0.1) is 18.5 Å². The van der Waals surface area contributed by atoms with Gasteiger partial charge in [-0.25, -0.2) is 13.4 Å². The molecule has 0 amide bonds. The highest BCUT2D eigenvalue weighted by Gasteiger charge is 2.18. The van der Waals surface area contributed by atoms with Crippen LogP contribution in [0.15, 0.2) is 30.5 Å². The summed E-state index contributed by atoms with van der Waals surface area (Å²) in [4.78, 5) is 18.0. The summed E-state index contributed by atoms with van der Waals surface area (Å²) in [5.41, 5.74) is 2.68. The van der Waals surface area contributed by atoms with Crippen molar-refractivity contribution >= 4 is 21.9 Å². The highest BCUT2D eigenvalue weighted by atomic mass is 32.2. The first-order valence-corrected chi connectivity index (χ1v) is 8.33. The van der Waals surface area contributed by atoms with Crippen LogP contribution in [0, 0.1) is 6.92 Å². The van der Waals surface area contributed by atoms with Gasteiger partial charge in [-0.15, -0.1) is 0 Å². The summed E-state index contributed by atoms with van der Waals surface area (Å²) in [6.07, 6.45) is 1.52. The van der Waals surface area contributed by atoms with Gasteiger partial charge in [0, 0.05) is 0 Å². The average molecular weight is 323 g/mol. The number of H-pyrrole nitrogens is 1. The van der Waals surface area contributed by atoms with Gasteiger partial charge in [-0.1, -0.05) is 29.8 Å². The molecule has 0 radical (unpaired) electrons. The van der Waals surface area contributed by atoms with Crippen molar-refractivity contribution in [3.8, 4) is 11.3 Å². The Morgan fingerprint density at radius 2 is 2.00 bits per heavy atom. The van der Waals surface area contributed by atoms with Crippen LogP contribution in [0.4, 0.5) is 5.95 Å². The number of aromatic nitrogens is 2. The van der Waals surface area contributed by atoms with E-state index in [4.69, 9.17) is 0 Å². The molecule has 0 aliphatic heterocycles. The van der Waals surface area contributed by atoms with E-state index < -0.39 is 21.7 Å². The van der Waals surface area contributed by atoms with E-state index in [-0.39, 0.29) is 12.6 Å². The quantitative estimate of drug-likeness (QED) is 0.788. The van der Waals surface area contributed by atoms with E-state index in [2.05, 4.69) is 19.4 Å². The van der Waals surface area contributed by atoms with E-state index in [1.54, 1.807) is 6.92 Å². The van der Waals surface area contributed by atoms with Gasteiger partial charge in [-0.3, -0.25) is 9.52 Å². The van der Waals surface area contributed by atoms with Crippen LogP contribution in [0.25, 0.3) is 11.3 Å². The third kappa shape index (κ3) is 4.32. The summed E-state index contributed by atoms with van der Waals surface area (Å²) < 4.78 is 30.4. The molecule has 0 saturated heterocycles. The van der Waals surface area contributed by atoms with Gasteiger partial charge in [-0.05, 0) is 19.4 Å². The zero-order valence-corrected chi connectivity index (χ0v) is 13.1. The number of carbonyl (C=O) groups excluding carboxylic acids is 1. The fourth-order valence-corrected chi connectivity index (χ4v) is 2.66. The number of nitrogens with zero attached hydrogens (tertiary/aromatic N) is 1. The second-order valence-electron chi connectivity index (χ2n) is 4.68. The third-order valence-electron chi connectivity index (χ3n) is 2.80. The maximum atomic E-state index is 11.8. The molecule has 0 aliphatic carbocycles. The van der Waals surface area contributed by atoms with Crippen LogP contribution in [0.3, 0.4) is 0 Å². The minimum atomic E-state index is -3.85. The maximum absolute atomic E-state index is 11.8. The Bertz CT molecular complexity index is 751. The predicted molar refractivity (Wildman–Crippen MR) is 82.8 cm³/mol. The van der Waals surface area contributed by atoms with Crippen molar-refractivity contribution in [1.82, 2.24) is 9.97 Å². The third-order valence-corrected chi connectivity index (χ3v) is 3.92. The SMILES string of the molecule is CCOC(=O)CS(=O)(=O)Nc1ncc(-c2ccc(C)cc2)[nH]1. The van der Waals surface area contributed by atoms with Crippen molar-refractivity contribution in [2.75, 3.05) is 17.1 Å². The zero-order valence-electron chi connectivity index (χ0n) is 12.3. The van der Waals surface area contributed by atoms with E-state index in [1.807, 2.05) is 31.2 Å². The molecule has 2 rings (SSSR count). The van der Waals surface area contributed by atoms with Gasteiger partial charge >= 0.3 is 5.97 Å². The number of aryl methyl sites for hydroxylation is 1. The van der Waals surface area contributed by atoms with Gasteiger partial charge in [0.1, 0.15) is 0 Å². The van der Waals surface area contributed by atoms with Gasteiger partial charge in [0.25, 0.3) is 0 Å². The highest BCUT2D eigenvalue weighted by Crippen LogP contribution is 2.19.